The minimum Gasteiger partial charge on any atom is -0.481 e. The van der Waals surface area contributed by atoms with Crippen LogP contribution in [0.15, 0.2) is 40.1 Å². The lowest BCUT2D eigenvalue weighted by molar-refractivity contribution is 0.251. The molecule has 1 aromatic carbocycles. The molecule has 1 N–H and O–H groups in total. The van der Waals surface area contributed by atoms with Crippen molar-refractivity contribution in [2.24, 2.45) is 0 Å². The Morgan fingerprint density at radius 3 is 2.26 bits per heavy atom. The highest BCUT2D eigenvalue weighted by Gasteiger charge is 2.27. The summed E-state index contributed by atoms with van der Waals surface area (Å²) < 4.78 is 55.6. The van der Waals surface area contributed by atoms with Crippen molar-refractivity contribution >= 4 is 31.8 Å². The minimum atomic E-state index is -4.46. The van der Waals surface area contributed by atoms with Crippen molar-refractivity contribution < 1.29 is 26.4 Å². The molecule has 10 nitrogen and oxygen atoms in total. The summed E-state index contributed by atoms with van der Waals surface area (Å²) in [6, 6.07) is 5.45. The van der Waals surface area contributed by atoms with Gasteiger partial charge >= 0.3 is 6.03 Å². The first-order valence-electron chi connectivity index (χ1n) is 7.45. The molecule has 0 atom stereocenters. The number of ether oxygens (including phenoxy) is 1. The fraction of sp³-hybridized carbons (Fsp3) is 0.267. The normalized spacial score (nSPS) is 11.7. The molecule has 0 aliphatic heterocycles. The molecule has 0 fully saturated rings. The highest BCUT2D eigenvalue weighted by Crippen LogP contribution is 2.21. The molecule has 0 radical (unpaired) electrons. The first kappa shape index (κ1) is 20.6. The zero-order valence-corrected chi connectivity index (χ0v) is 16.6. The molecule has 0 spiro atoms. The molecule has 0 aliphatic rings. The van der Waals surface area contributed by atoms with Crippen molar-refractivity contribution in [2.45, 2.75) is 16.7 Å². The smallest absolute Gasteiger partial charge is 0.337 e. The average Bonchev–Trinajstić information content (AvgIpc) is 2.59. The number of nitrogens with one attached hydrogen (secondary N) is 1. The predicted molar refractivity (Wildman–Crippen MR) is 97.0 cm³/mol. The van der Waals surface area contributed by atoms with Crippen LogP contribution >= 0.6 is 0 Å². The molecule has 2 amide bonds. The van der Waals surface area contributed by atoms with E-state index in [0.29, 0.717) is 5.69 Å². The van der Waals surface area contributed by atoms with Crippen LogP contribution in [-0.4, -0.2) is 53.2 Å². The van der Waals surface area contributed by atoms with Crippen LogP contribution in [0.1, 0.15) is 5.69 Å². The Balaban J connectivity index is 2.36. The van der Waals surface area contributed by atoms with Gasteiger partial charge in [0.05, 0.1) is 12.0 Å². The molecule has 0 saturated heterocycles. The molecule has 0 unspecified atom stereocenters. The van der Waals surface area contributed by atoms with Crippen LogP contribution in [0.5, 0.6) is 5.88 Å². The van der Waals surface area contributed by atoms with Gasteiger partial charge in [0.15, 0.2) is 9.84 Å². The summed E-state index contributed by atoms with van der Waals surface area (Å²) in [7, 11) is -5.63. The maximum atomic E-state index is 12.5. The zero-order valence-electron chi connectivity index (χ0n) is 15.0. The number of benzene rings is 1. The maximum absolute atomic E-state index is 12.5. The fourth-order valence-corrected chi connectivity index (χ4v) is 4.70. The average molecular weight is 414 g/mol. The Labute approximate surface area is 157 Å². The van der Waals surface area contributed by atoms with E-state index in [-0.39, 0.29) is 11.8 Å². The molecule has 0 bridgehead atoms. The Morgan fingerprint density at radius 2 is 1.70 bits per heavy atom. The van der Waals surface area contributed by atoms with E-state index < -0.39 is 35.7 Å². The van der Waals surface area contributed by atoms with Gasteiger partial charge in [-0.3, -0.25) is 4.90 Å². The molecule has 2 rings (SSSR count). The number of aryl methyl sites for hydroxylation is 1. The van der Waals surface area contributed by atoms with Gasteiger partial charge in [0.1, 0.15) is 4.90 Å². The van der Waals surface area contributed by atoms with Gasteiger partial charge in [-0.05, 0) is 19.1 Å². The third kappa shape index (κ3) is 4.71. The van der Waals surface area contributed by atoms with Crippen LogP contribution in [0.4, 0.5) is 10.7 Å². The maximum Gasteiger partial charge on any atom is 0.337 e. The van der Waals surface area contributed by atoms with Crippen molar-refractivity contribution in [3.8, 4) is 5.88 Å². The second-order valence-electron chi connectivity index (χ2n) is 5.54. The molecular weight excluding hydrogens is 396 g/mol. The molecular formula is C15H18N4O6S2. The van der Waals surface area contributed by atoms with E-state index in [1.54, 1.807) is 6.92 Å². The van der Waals surface area contributed by atoms with Crippen molar-refractivity contribution in [3.63, 3.8) is 0 Å². The second-order valence-corrected chi connectivity index (χ2v) is 9.18. The third-order valence-corrected chi connectivity index (χ3v) is 6.06. The molecule has 146 valence electrons. The van der Waals surface area contributed by atoms with Crippen molar-refractivity contribution in [1.29, 1.82) is 0 Å². The summed E-state index contributed by atoms with van der Waals surface area (Å²) in [5.74, 6) is 0.110. The van der Waals surface area contributed by atoms with E-state index in [1.807, 2.05) is 4.72 Å². The largest absolute Gasteiger partial charge is 0.481 e. The number of rotatable bonds is 5. The third-order valence-electron chi connectivity index (χ3n) is 3.39. The molecule has 1 heterocycles. The van der Waals surface area contributed by atoms with E-state index in [2.05, 4.69) is 9.97 Å². The zero-order chi connectivity index (χ0) is 20.4. The topological polar surface area (TPSA) is 136 Å². The Bertz CT molecular complexity index is 1080. The number of carbonyl (C=O) groups excluding carboxylic acids is 1. The van der Waals surface area contributed by atoms with Gasteiger partial charge < -0.3 is 4.74 Å². The Hall–Kier alpha value is -2.73. The molecule has 27 heavy (non-hydrogen) atoms. The van der Waals surface area contributed by atoms with Crippen LogP contribution < -0.4 is 14.4 Å². The lowest BCUT2D eigenvalue weighted by Crippen LogP contribution is -2.41. The number of amides is 2. The van der Waals surface area contributed by atoms with Gasteiger partial charge in [-0.25, -0.2) is 31.3 Å². The van der Waals surface area contributed by atoms with Crippen molar-refractivity contribution in [1.82, 2.24) is 14.7 Å². The number of nitrogens with zero attached hydrogens (tertiary/aromatic N) is 3. The molecule has 0 saturated carbocycles. The highest BCUT2D eigenvalue weighted by molar-refractivity contribution is 7.93. The monoisotopic (exact) mass is 414 g/mol. The van der Waals surface area contributed by atoms with E-state index in [0.717, 1.165) is 23.3 Å². The number of methoxy groups -OCH3 is 1. The van der Waals surface area contributed by atoms with Gasteiger partial charge in [-0.1, -0.05) is 12.1 Å². The van der Waals surface area contributed by atoms with Gasteiger partial charge in [0, 0.05) is 25.1 Å². The predicted octanol–water partition coefficient (Wildman–Crippen LogP) is 0.732. The Kier molecular flexibility index (Phi) is 5.70. The van der Waals surface area contributed by atoms with Gasteiger partial charge in [0.25, 0.3) is 10.0 Å². The highest BCUT2D eigenvalue weighted by atomic mass is 32.2. The summed E-state index contributed by atoms with van der Waals surface area (Å²) >= 11 is 0. The lowest BCUT2D eigenvalue weighted by Gasteiger charge is -2.17. The van der Waals surface area contributed by atoms with E-state index >= 15 is 0 Å². The van der Waals surface area contributed by atoms with Crippen LogP contribution in [0.3, 0.4) is 0 Å². The second kappa shape index (κ2) is 7.48. The number of anilines is 1. The molecule has 2 aromatic rings. The number of urea groups is 1. The SMILES string of the molecule is COc1cc(C)nc(N(C)C(=O)NS(=O)(=O)c2ccccc2S(C)(=O)=O)n1. The first-order chi connectivity index (χ1) is 12.5. The number of aromatic nitrogens is 2. The van der Waals surface area contributed by atoms with Crippen LogP contribution in [0, 0.1) is 6.92 Å². The van der Waals surface area contributed by atoms with Gasteiger partial charge in [-0.2, -0.15) is 4.98 Å². The van der Waals surface area contributed by atoms with Crippen LogP contribution in [0.2, 0.25) is 0 Å². The molecule has 0 aliphatic carbocycles. The number of hydrogen-bond donors (Lipinski definition) is 1. The fourth-order valence-electron chi connectivity index (χ4n) is 2.09. The van der Waals surface area contributed by atoms with Crippen LogP contribution in [0.25, 0.3) is 0 Å². The summed E-state index contributed by atoms with van der Waals surface area (Å²) in [6.07, 6.45) is 0.877. The van der Waals surface area contributed by atoms with Gasteiger partial charge in [0.2, 0.25) is 11.8 Å². The summed E-state index contributed by atoms with van der Waals surface area (Å²) in [5, 5.41) is 0. The van der Waals surface area contributed by atoms with E-state index in [9.17, 15) is 21.6 Å². The standard InChI is InChI=1S/C15H18N4O6S2/c1-10-9-13(25-3)17-14(16-10)19(2)15(20)18-27(23,24)12-8-6-5-7-11(12)26(4,21)22/h5-9H,1-4H3,(H,18,20). The number of carbonyl (C=O) groups is 1. The number of sulfone groups is 1. The number of hydrogen-bond acceptors (Lipinski definition) is 8. The summed E-state index contributed by atoms with van der Waals surface area (Å²) in [5.41, 5.74) is 0.502. The summed E-state index contributed by atoms with van der Waals surface area (Å²) in [6.45, 7) is 1.65. The summed E-state index contributed by atoms with van der Waals surface area (Å²) in [4.78, 5) is 20.3. The van der Waals surface area contributed by atoms with E-state index in [4.69, 9.17) is 4.74 Å². The van der Waals surface area contributed by atoms with E-state index in [1.165, 1.54) is 32.4 Å². The van der Waals surface area contributed by atoms with Crippen molar-refractivity contribution in [2.75, 3.05) is 25.3 Å². The number of sulfonamides is 1. The first-order valence-corrected chi connectivity index (χ1v) is 10.8. The van der Waals surface area contributed by atoms with Crippen LogP contribution in [-0.2, 0) is 19.9 Å². The molecule has 12 heteroatoms. The molecule has 1 aromatic heterocycles. The minimum absolute atomic E-state index is 0.0871. The Morgan fingerprint density at radius 1 is 1.11 bits per heavy atom. The van der Waals surface area contributed by atoms with Gasteiger partial charge in [-0.15, -0.1) is 0 Å². The van der Waals surface area contributed by atoms with Crippen molar-refractivity contribution in [3.05, 3.63) is 36.0 Å². The quantitative estimate of drug-likeness (QED) is 0.756. The lowest BCUT2D eigenvalue weighted by atomic mass is 10.4.